The second-order valence-electron chi connectivity index (χ2n) is 6.59. The number of aryl methyl sites for hydroxylation is 1. The summed E-state index contributed by atoms with van der Waals surface area (Å²) in [5, 5.41) is 5.46. The maximum Gasteiger partial charge on any atom is 0.257 e. The second kappa shape index (κ2) is 8.35. The van der Waals surface area contributed by atoms with Crippen molar-refractivity contribution in [3.63, 3.8) is 0 Å². The summed E-state index contributed by atoms with van der Waals surface area (Å²) < 4.78 is 1.52. The lowest BCUT2D eigenvalue weighted by molar-refractivity contribution is -0.114. The normalized spacial score (nSPS) is 10.4. The first-order valence-corrected chi connectivity index (χ1v) is 8.86. The molecule has 1 heterocycles. The number of amides is 2. The van der Waals surface area contributed by atoms with E-state index in [-0.39, 0.29) is 17.4 Å². The molecule has 0 unspecified atom stereocenters. The summed E-state index contributed by atoms with van der Waals surface area (Å²) in [6.45, 7) is 3.82. The van der Waals surface area contributed by atoms with Crippen molar-refractivity contribution < 1.29 is 9.59 Å². The van der Waals surface area contributed by atoms with E-state index in [0.29, 0.717) is 23.5 Å². The number of pyridine rings is 1. The minimum Gasteiger partial charge on any atom is -0.326 e. The molecule has 2 N–H and O–H groups in total. The van der Waals surface area contributed by atoms with E-state index in [4.69, 9.17) is 0 Å². The minimum atomic E-state index is -0.315. The van der Waals surface area contributed by atoms with Crippen LogP contribution in [-0.4, -0.2) is 16.4 Å². The van der Waals surface area contributed by atoms with Gasteiger partial charge in [0.05, 0.1) is 12.1 Å². The minimum absolute atomic E-state index is 0.160. The highest BCUT2D eigenvalue weighted by atomic mass is 16.2. The monoisotopic (exact) mass is 375 g/mol. The van der Waals surface area contributed by atoms with Crippen molar-refractivity contribution in [2.75, 3.05) is 10.6 Å². The van der Waals surface area contributed by atoms with Gasteiger partial charge in [0.15, 0.2) is 0 Å². The number of hydrogen-bond acceptors (Lipinski definition) is 3. The number of carbonyl (C=O) groups is 2. The third kappa shape index (κ3) is 4.94. The molecular formula is C22H21N3O3. The Balaban J connectivity index is 1.75. The topological polar surface area (TPSA) is 80.2 Å². The van der Waals surface area contributed by atoms with Gasteiger partial charge in [-0.3, -0.25) is 14.4 Å². The number of anilines is 2. The zero-order valence-corrected chi connectivity index (χ0v) is 15.7. The third-order valence-corrected chi connectivity index (χ3v) is 4.14. The Labute approximate surface area is 162 Å². The summed E-state index contributed by atoms with van der Waals surface area (Å²) in [6.07, 6.45) is 1.56. The van der Waals surface area contributed by atoms with Crippen LogP contribution in [0.4, 0.5) is 11.4 Å². The van der Waals surface area contributed by atoms with E-state index in [1.165, 1.54) is 23.6 Å². The van der Waals surface area contributed by atoms with E-state index < -0.39 is 0 Å². The zero-order valence-electron chi connectivity index (χ0n) is 15.7. The Hall–Kier alpha value is -3.67. The van der Waals surface area contributed by atoms with Gasteiger partial charge in [-0.2, -0.15) is 0 Å². The Bertz CT molecular complexity index is 1070. The van der Waals surface area contributed by atoms with Crippen LogP contribution < -0.4 is 16.2 Å². The number of hydrogen-bond donors (Lipinski definition) is 2. The molecule has 142 valence electrons. The van der Waals surface area contributed by atoms with Crippen molar-refractivity contribution >= 4 is 23.2 Å². The smallest absolute Gasteiger partial charge is 0.257 e. The number of benzene rings is 2. The first kappa shape index (κ1) is 19.1. The van der Waals surface area contributed by atoms with Gasteiger partial charge in [0.2, 0.25) is 5.91 Å². The predicted molar refractivity (Wildman–Crippen MR) is 110 cm³/mol. The van der Waals surface area contributed by atoms with Crippen molar-refractivity contribution in [1.82, 2.24) is 4.57 Å². The van der Waals surface area contributed by atoms with E-state index in [2.05, 4.69) is 10.6 Å². The summed E-state index contributed by atoms with van der Waals surface area (Å²) in [4.78, 5) is 35.8. The maximum absolute atomic E-state index is 12.6. The average Bonchev–Trinajstić information content (AvgIpc) is 2.65. The molecule has 0 saturated carbocycles. The summed E-state index contributed by atoms with van der Waals surface area (Å²) >= 11 is 0. The van der Waals surface area contributed by atoms with Crippen LogP contribution in [0.2, 0.25) is 0 Å². The molecule has 28 heavy (non-hydrogen) atoms. The molecule has 3 rings (SSSR count). The molecule has 6 heteroatoms. The van der Waals surface area contributed by atoms with E-state index in [1.54, 1.807) is 30.5 Å². The van der Waals surface area contributed by atoms with Gasteiger partial charge < -0.3 is 15.2 Å². The lowest BCUT2D eigenvalue weighted by atomic mass is 10.1. The summed E-state index contributed by atoms with van der Waals surface area (Å²) in [5.41, 5.74) is 3.57. The molecule has 6 nitrogen and oxygen atoms in total. The third-order valence-electron chi connectivity index (χ3n) is 4.14. The molecule has 2 amide bonds. The van der Waals surface area contributed by atoms with Crippen LogP contribution in [0, 0.1) is 6.92 Å². The molecule has 0 aliphatic carbocycles. The van der Waals surface area contributed by atoms with Gasteiger partial charge in [0.1, 0.15) is 0 Å². The van der Waals surface area contributed by atoms with Crippen LogP contribution in [-0.2, 0) is 11.3 Å². The van der Waals surface area contributed by atoms with E-state index in [9.17, 15) is 14.4 Å². The molecular weight excluding hydrogens is 354 g/mol. The van der Waals surface area contributed by atoms with Crippen LogP contribution in [0.25, 0.3) is 0 Å². The molecule has 0 bridgehead atoms. The van der Waals surface area contributed by atoms with Crippen LogP contribution in [0.15, 0.2) is 71.7 Å². The highest BCUT2D eigenvalue weighted by molar-refractivity contribution is 6.04. The molecule has 0 aliphatic rings. The maximum atomic E-state index is 12.6. The largest absolute Gasteiger partial charge is 0.326 e. The number of nitrogens with one attached hydrogen (secondary N) is 2. The fraction of sp³-hybridized carbons (Fsp3) is 0.136. The van der Waals surface area contributed by atoms with E-state index in [0.717, 1.165) is 11.1 Å². The number of rotatable bonds is 5. The molecule has 2 aromatic carbocycles. The number of carbonyl (C=O) groups excluding carboxylic acids is 2. The van der Waals surface area contributed by atoms with Crippen molar-refractivity contribution in [2.24, 2.45) is 0 Å². The van der Waals surface area contributed by atoms with Crippen molar-refractivity contribution in [3.8, 4) is 0 Å². The van der Waals surface area contributed by atoms with Gasteiger partial charge in [-0.25, -0.2) is 0 Å². The Morgan fingerprint density at radius 3 is 2.25 bits per heavy atom. The predicted octanol–water partition coefficient (Wildman–Crippen LogP) is 3.42. The second-order valence-corrected chi connectivity index (χ2v) is 6.59. The van der Waals surface area contributed by atoms with Gasteiger partial charge in [0.25, 0.3) is 11.5 Å². The number of aromatic nitrogens is 1. The highest BCUT2D eigenvalue weighted by Gasteiger charge is 2.09. The number of nitrogens with zero attached hydrogens (tertiary/aromatic N) is 1. The molecule has 0 atom stereocenters. The molecule has 0 spiro atoms. The summed E-state index contributed by atoms with van der Waals surface area (Å²) in [5.74, 6) is -0.474. The van der Waals surface area contributed by atoms with Crippen molar-refractivity contribution in [2.45, 2.75) is 20.4 Å². The molecule has 0 radical (unpaired) electrons. The molecule has 0 aliphatic heterocycles. The highest BCUT2D eigenvalue weighted by Crippen LogP contribution is 2.14. The molecule has 1 aromatic heterocycles. The Morgan fingerprint density at radius 2 is 1.61 bits per heavy atom. The van der Waals surface area contributed by atoms with E-state index >= 15 is 0 Å². The first-order chi connectivity index (χ1) is 13.4. The first-order valence-electron chi connectivity index (χ1n) is 8.86. The lowest BCUT2D eigenvalue weighted by Gasteiger charge is -2.10. The lowest BCUT2D eigenvalue weighted by Crippen LogP contribution is -2.22. The summed E-state index contributed by atoms with van der Waals surface area (Å²) in [7, 11) is 0. The molecule has 0 fully saturated rings. The van der Waals surface area contributed by atoms with Crippen LogP contribution >= 0.6 is 0 Å². The SMILES string of the molecule is CC(=O)Nc1ccc(NC(=O)c2ccc(=O)n(Cc3cccc(C)c3)c2)cc1. The standard InChI is InChI=1S/C22H21N3O3/c1-15-4-3-5-17(12-15)13-25-14-18(6-11-21(25)27)22(28)24-20-9-7-19(8-10-20)23-16(2)26/h3-12,14H,13H2,1-2H3,(H,23,26)(H,24,28). The Kier molecular flexibility index (Phi) is 5.69. The fourth-order valence-corrected chi connectivity index (χ4v) is 2.84. The van der Waals surface area contributed by atoms with Gasteiger partial charge in [-0.15, -0.1) is 0 Å². The average molecular weight is 375 g/mol. The molecule has 0 saturated heterocycles. The fourth-order valence-electron chi connectivity index (χ4n) is 2.84. The van der Waals surface area contributed by atoms with Crippen LogP contribution in [0.5, 0.6) is 0 Å². The van der Waals surface area contributed by atoms with Crippen LogP contribution in [0.3, 0.4) is 0 Å². The van der Waals surface area contributed by atoms with Crippen molar-refractivity contribution in [1.29, 1.82) is 0 Å². The van der Waals surface area contributed by atoms with Gasteiger partial charge in [-0.1, -0.05) is 29.8 Å². The van der Waals surface area contributed by atoms with Crippen molar-refractivity contribution in [3.05, 3.63) is 93.9 Å². The molecule has 3 aromatic rings. The summed E-state index contributed by atoms with van der Waals surface area (Å²) in [6, 6.07) is 17.6. The quantitative estimate of drug-likeness (QED) is 0.717. The zero-order chi connectivity index (χ0) is 20.1. The van der Waals surface area contributed by atoms with Gasteiger partial charge in [-0.05, 0) is 42.8 Å². The van der Waals surface area contributed by atoms with Gasteiger partial charge >= 0.3 is 0 Å². The van der Waals surface area contributed by atoms with Gasteiger partial charge in [0, 0.05) is 30.6 Å². The van der Waals surface area contributed by atoms with Crippen LogP contribution in [0.1, 0.15) is 28.4 Å². The van der Waals surface area contributed by atoms with E-state index in [1.807, 2.05) is 31.2 Å². The Morgan fingerprint density at radius 1 is 0.929 bits per heavy atom.